The van der Waals surface area contributed by atoms with Crippen LogP contribution in [0.25, 0.3) is 0 Å². The maximum Gasteiger partial charge on any atom is 0.254 e. The van der Waals surface area contributed by atoms with E-state index in [0.29, 0.717) is 24.3 Å². The van der Waals surface area contributed by atoms with E-state index in [9.17, 15) is 4.79 Å². The van der Waals surface area contributed by atoms with Crippen LogP contribution in [0.5, 0.6) is 5.75 Å². The first-order chi connectivity index (χ1) is 11.6. The predicted octanol–water partition coefficient (Wildman–Crippen LogP) is 3.39. The number of hydrogen-bond donors (Lipinski definition) is 1. The van der Waals surface area contributed by atoms with Crippen LogP contribution < -0.4 is 15.4 Å². The van der Waals surface area contributed by atoms with Crippen molar-refractivity contribution < 1.29 is 9.53 Å². The summed E-state index contributed by atoms with van der Waals surface area (Å²) in [5.74, 6) is 0.920. The van der Waals surface area contributed by atoms with Gasteiger partial charge in [-0.3, -0.25) is 4.79 Å². The molecule has 1 fully saturated rings. The fourth-order valence-electron chi connectivity index (χ4n) is 3.08. The number of carbonyl (C=O) groups is 1. The molecule has 1 heterocycles. The molecule has 0 unspecified atom stereocenters. The van der Waals surface area contributed by atoms with Gasteiger partial charge in [0.2, 0.25) is 0 Å². The standard InChI is InChI=1S/C19H23N3O2.2ClH/c1-14-7-8-15(20)13-16(14)19(23)22-11-9-21(10-12-22)17-5-3-4-6-18(17)24-2;;/h3-8,13H,9-12,20H2,1-2H3;2*1H. The molecular formula is C19H25Cl2N3O2. The maximum absolute atomic E-state index is 12.8. The van der Waals surface area contributed by atoms with E-state index in [0.717, 1.165) is 30.1 Å². The molecule has 2 aromatic rings. The van der Waals surface area contributed by atoms with Gasteiger partial charge in [0.15, 0.2) is 0 Å². The van der Waals surface area contributed by atoms with Crippen LogP contribution in [0.2, 0.25) is 0 Å². The van der Waals surface area contributed by atoms with Gasteiger partial charge in [0.25, 0.3) is 5.91 Å². The smallest absolute Gasteiger partial charge is 0.254 e. The van der Waals surface area contributed by atoms with Crippen LogP contribution in [0.4, 0.5) is 11.4 Å². The molecule has 1 aliphatic heterocycles. The van der Waals surface area contributed by atoms with Gasteiger partial charge < -0.3 is 20.3 Å². The first-order valence-corrected chi connectivity index (χ1v) is 8.13. The summed E-state index contributed by atoms with van der Waals surface area (Å²) in [5, 5.41) is 0. The number of halogens is 2. The Morgan fingerprint density at radius 1 is 1.04 bits per heavy atom. The lowest BCUT2D eigenvalue weighted by molar-refractivity contribution is 0.0746. The van der Waals surface area contributed by atoms with E-state index in [1.54, 1.807) is 13.2 Å². The first-order valence-electron chi connectivity index (χ1n) is 8.13. The fourth-order valence-corrected chi connectivity index (χ4v) is 3.08. The molecule has 0 spiro atoms. The number of aryl methyl sites for hydroxylation is 1. The molecule has 26 heavy (non-hydrogen) atoms. The highest BCUT2D eigenvalue weighted by atomic mass is 35.5. The zero-order chi connectivity index (χ0) is 17.1. The van der Waals surface area contributed by atoms with Crippen LogP contribution in [0.15, 0.2) is 42.5 Å². The number of piperazine rings is 1. The third-order valence-corrected chi connectivity index (χ3v) is 4.48. The molecule has 2 N–H and O–H groups in total. The lowest BCUT2D eigenvalue weighted by Gasteiger charge is -2.36. The summed E-state index contributed by atoms with van der Waals surface area (Å²) < 4.78 is 5.43. The van der Waals surface area contributed by atoms with Crippen LogP contribution in [0, 0.1) is 6.92 Å². The maximum atomic E-state index is 12.8. The summed E-state index contributed by atoms with van der Waals surface area (Å²) in [6.07, 6.45) is 0. The molecule has 0 saturated carbocycles. The number of nitrogens with zero attached hydrogens (tertiary/aromatic N) is 2. The summed E-state index contributed by atoms with van der Waals surface area (Å²) >= 11 is 0. The lowest BCUT2D eigenvalue weighted by atomic mass is 10.1. The summed E-state index contributed by atoms with van der Waals surface area (Å²) in [7, 11) is 1.68. The Labute approximate surface area is 166 Å². The van der Waals surface area contributed by atoms with Crippen molar-refractivity contribution in [2.45, 2.75) is 6.92 Å². The minimum Gasteiger partial charge on any atom is -0.495 e. The second kappa shape index (κ2) is 9.55. The van der Waals surface area contributed by atoms with Gasteiger partial charge in [-0.25, -0.2) is 0 Å². The average molecular weight is 398 g/mol. The van der Waals surface area contributed by atoms with E-state index in [-0.39, 0.29) is 30.7 Å². The minimum absolute atomic E-state index is 0. The molecule has 0 atom stereocenters. The highest BCUT2D eigenvalue weighted by molar-refractivity contribution is 5.96. The minimum atomic E-state index is 0. The molecular weight excluding hydrogens is 373 g/mol. The van der Waals surface area contributed by atoms with Gasteiger partial charge in [0, 0.05) is 37.4 Å². The first kappa shape index (κ1) is 21.9. The van der Waals surface area contributed by atoms with Crippen molar-refractivity contribution in [3.8, 4) is 5.75 Å². The zero-order valence-corrected chi connectivity index (χ0v) is 16.6. The Morgan fingerprint density at radius 2 is 1.69 bits per heavy atom. The summed E-state index contributed by atoms with van der Waals surface area (Å²) in [4.78, 5) is 16.9. The number of ether oxygens (including phenoxy) is 1. The number of amides is 1. The predicted molar refractivity (Wildman–Crippen MR) is 111 cm³/mol. The molecule has 142 valence electrons. The van der Waals surface area contributed by atoms with Crippen LogP contribution in [-0.4, -0.2) is 44.1 Å². The summed E-state index contributed by atoms with van der Waals surface area (Å²) in [6, 6.07) is 13.5. The van der Waals surface area contributed by atoms with E-state index in [1.807, 2.05) is 42.2 Å². The highest BCUT2D eigenvalue weighted by Gasteiger charge is 2.24. The average Bonchev–Trinajstić information content (AvgIpc) is 2.63. The number of methoxy groups -OCH3 is 1. The Kier molecular flexibility index (Phi) is 8.06. The Balaban J connectivity index is 0.00000169. The molecule has 0 bridgehead atoms. The number of nitrogens with two attached hydrogens (primary N) is 1. The molecule has 1 saturated heterocycles. The van der Waals surface area contributed by atoms with Gasteiger partial charge in [0.05, 0.1) is 12.8 Å². The molecule has 2 aromatic carbocycles. The van der Waals surface area contributed by atoms with Crippen LogP contribution >= 0.6 is 24.8 Å². The normalized spacial score (nSPS) is 13.5. The highest BCUT2D eigenvalue weighted by Crippen LogP contribution is 2.28. The largest absolute Gasteiger partial charge is 0.495 e. The number of anilines is 2. The van der Waals surface area contributed by atoms with E-state index in [2.05, 4.69) is 11.0 Å². The van der Waals surface area contributed by atoms with Crippen LogP contribution in [-0.2, 0) is 0 Å². The van der Waals surface area contributed by atoms with Gasteiger partial charge in [-0.1, -0.05) is 18.2 Å². The monoisotopic (exact) mass is 397 g/mol. The Morgan fingerprint density at radius 3 is 2.35 bits per heavy atom. The van der Waals surface area contributed by atoms with Crippen molar-refractivity contribution in [1.29, 1.82) is 0 Å². The second-order valence-electron chi connectivity index (χ2n) is 6.03. The van der Waals surface area contributed by atoms with Gasteiger partial charge in [-0.15, -0.1) is 24.8 Å². The van der Waals surface area contributed by atoms with Gasteiger partial charge in [0.1, 0.15) is 5.75 Å². The second-order valence-corrected chi connectivity index (χ2v) is 6.03. The van der Waals surface area contributed by atoms with E-state index in [1.165, 1.54) is 0 Å². The number of hydrogen-bond acceptors (Lipinski definition) is 4. The van der Waals surface area contributed by atoms with Crippen LogP contribution in [0.1, 0.15) is 15.9 Å². The van der Waals surface area contributed by atoms with E-state index >= 15 is 0 Å². The number of benzene rings is 2. The quantitative estimate of drug-likeness (QED) is 0.806. The SMILES string of the molecule is COc1ccccc1N1CCN(C(=O)c2cc(N)ccc2C)CC1.Cl.Cl. The van der Waals surface area contributed by atoms with E-state index in [4.69, 9.17) is 10.5 Å². The molecule has 7 heteroatoms. The fraction of sp³-hybridized carbons (Fsp3) is 0.316. The number of rotatable bonds is 3. The van der Waals surface area contributed by atoms with Gasteiger partial charge in [-0.05, 0) is 36.8 Å². The third kappa shape index (κ3) is 4.54. The molecule has 0 aromatic heterocycles. The summed E-state index contributed by atoms with van der Waals surface area (Å²) in [6.45, 7) is 4.88. The zero-order valence-electron chi connectivity index (χ0n) is 15.0. The third-order valence-electron chi connectivity index (χ3n) is 4.48. The van der Waals surface area contributed by atoms with Crippen molar-refractivity contribution in [2.24, 2.45) is 0 Å². The van der Waals surface area contributed by atoms with Crippen LogP contribution in [0.3, 0.4) is 0 Å². The van der Waals surface area contributed by atoms with Crippen molar-refractivity contribution in [3.05, 3.63) is 53.6 Å². The molecule has 1 amide bonds. The summed E-state index contributed by atoms with van der Waals surface area (Å²) in [5.41, 5.74) is 9.18. The van der Waals surface area contributed by atoms with Crippen molar-refractivity contribution in [2.75, 3.05) is 43.9 Å². The van der Waals surface area contributed by atoms with Crippen molar-refractivity contribution in [1.82, 2.24) is 4.90 Å². The Hall–Kier alpha value is -2.11. The van der Waals surface area contributed by atoms with Crippen molar-refractivity contribution >= 4 is 42.1 Å². The Bertz CT molecular complexity index is 747. The molecule has 5 nitrogen and oxygen atoms in total. The van der Waals surface area contributed by atoms with Gasteiger partial charge >= 0.3 is 0 Å². The molecule has 0 radical (unpaired) electrons. The van der Waals surface area contributed by atoms with Gasteiger partial charge in [-0.2, -0.15) is 0 Å². The number of carbonyl (C=O) groups excluding carboxylic acids is 1. The van der Waals surface area contributed by atoms with Crippen molar-refractivity contribution in [3.63, 3.8) is 0 Å². The molecule has 0 aliphatic carbocycles. The lowest BCUT2D eigenvalue weighted by Crippen LogP contribution is -2.49. The molecule has 3 rings (SSSR count). The number of nitrogen functional groups attached to an aromatic ring is 1. The van der Waals surface area contributed by atoms with E-state index < -0.39 is 0 Å². The molecule has 1 aliphatic rings. The number of para-hydroxylation sites is 2. The topological polar surface area (TPSA) is 58.8 Å².